The molecule has 0 bridgehead atoms. The molecule has 0 saturated heterocycles. The number of unbranched alkanes of at least 4 members (excludes halogenated alkanes) is 3. The molecule has 16 heavy (non-hydrogen) atoms. The van der Waals surface area contributed by atoms with E-state index in [0.717, 1.165) is 12.6 Å². The fourth-order valence-electron chi connectivity index (χ4n) is 2.16. The van der Waals surface area contributed by atoms with Crippen LogP contribution in [0.25, 0.3) is 0 Å². The van der Waals surface area contributed by atoms with Crippen LogP contribution in [0, 0.1) is 0 Å². The third-order valence-corrected chi connectivity index (χ3v) is 3.62. The van der Waals surface area contributed by atoms with Crippen molar-refractivity contribution in [3.63, 3.8) is 0 Å². The molecule has 0 aromatic rings. The van der Waals surface area contributed by atoms with Gasteiger partial charge in [0.1, 0.15) is 0 Å². The Morgan fingerprint density at radius 2 is 2.00 bits per heavy atom. The van der Waals surface area contributed by atoms with Gasteiger partial charge in [-0.05, 0) is 33.2 Å². The average molecular weight is 226 g/mol. The highest BCUT2D eigenvalue weighted by Crippen LogP contribution is 2.24. The molecule has 1 fully saturated rings. The van der Waals surface area contributed by atoms with Crippen LogP contribution in [-0.4, -0.2) is 37.1 Å². The van der Waals surface area contributed by atoms with Crippen LogP contribution in [0.5, 0.6) is 0 Å². The summed E-state index contributed by atoms with van der Waals surface area (Å²) in [4.78, 5) is 2.50. The molecule has 1 aliphatic carbocycles. The summed E-state index contributed by atoms with van der Waals surface area (Å²) in [7, 11) is 2.26. The highest BCUT2D eigenvalue weighted by Gasteiger charge is 2.25. The quantitative estimate of drug-likeness (QED) is 0.576. The molecule has 1 unspecified atom stereocenters. The Bertz CT molecular complexity index is 166. The third kappa shape index (κ3) is 6.49. The van der Waals surface area contributed by atoms with E-state index in [1.165, 1.54) is 51.5 Å². The Hall–Kier alpha value is -0.0800. The standard InChI is InChI=1S/C14H30N2/c1-4-5-6-7-8-13(2)15-11-12-16(3)14-9-10-14/h13-15H,4-12H2,1-3H3. The lowest BCUT2D eigenvalue weighted by atomic mass is 10.1. The Kier molecular flexibility index (Phi) is 7.06. The molecule has 0 radical (unpaired) electrons. The zero-order chi connectivity index (χ0) is 11.8. The topological polar surface area (TPSA) is 15.3 Å². The van der Waals surface area contributed by atoms with E-state index in [0.29, 0.717) is 6.04 Å². The first-order valence-electron chi connectivity index (χ1n) is 7.17. The lowest BCUT2D eigenvalue weighted by Crippen LogP contribution is -2.35. The van der Waals surface area contributed by atoms with E-state index < -0.39 is 0 Å². The minimum atomic E-state index is 0.699. The van der Waals surface area contributed by atoms with Gasteiger partial charge in [0.25, 0.3) is 0 Å². The van der Waals surface area contributed by atoms with Crippen LogP contribution in [0.1, 0.15) is 58.8 Å². The molecule has 0 heterocycles. The molecule has 1 rings (SSSR count). The summed E-state index contributed by atoms with van der Waals surface area (Å²) < 4.78 is 0. The van der Waals surface area contributed by atoms with Crippen molar-refractivity contribution in [1.29, 1.82) is 0 Å². The van der Waals surface area contributed by atoms with Crippen molar-refractivity contribution in [2.45, 2.75) is 70.9 Å². The second kappa shape index (κ2) is 8.08. The average Bonchev–Trinajstić information content (AvgIpc) is 3.08. The van der Waals surface area contributed by atoms with Gasteiger partial charge in [0, 0.05) is 25.2 Å². The zero-order valence-corrected chi connectivity index (χ0v) is 11.5. The van der Waals surface area contributed by atoms with Crippen LogP contribution in [0.3, 0.4) is 0 Å². The van der Waals surface area contributed by atoms with Gasteiger partial charge in [0.2, 0.25) is 0 Å². The molecule has 2 heteroatoms. The fraction of sp³-hybridized carbons (Fsp3) is 1.00. The van der Waals surface area contributed by atoms with Gasteiger partial charge in [-0.2, -0.15) is 0 Å². The van der Waals surface area contributed by atoms with E-state index in [2.05, 4.69) is 31.1 Å². The first-order valence-corrected chi connectivity index (χ1v) is 7.17. The second-order valence-electron chi connectivity index (χ2n) is 5.42. The van der Waals surface area contributed by atoms with Gasteiger partial charge in [-0.15, -0.1) is 0 Å². The van der Waals surface area contributed by atoms with Crippen molar-refractivity contribution in [3.05, 3.63) is 0 Å². The van der Waals surface area contributed by atoms with Crippen molar-refractivity contribution >= 4 is 0 Å². The molecule has 1 aliphatic rings. The van der Waals surface area contributed by atoms with Gasteiger partial charge in [0.15, 0.2) is 0 Å². The van der Waals surface area contributed by atoms with Gasteiger partial charge in [-0.25, -0.2) is 0 Å². The lowest BCUT2D eigenvalue weighted by Gasteiger charge is -2.18. The van der Waals surface area contributed by atoms with E-state index in [4.69, 9.17) is 0 Å². The highest BCUT2D eigenvalue weighted by atomic mass is 15.2. The van der Waals surface area contributed by atoms with E-state index >= 15 is 0 Å². The molecule has 0 aliphatic heterocycles. The molecule has 1 atom stereocenters. The van der Waals surface area contributed by atoms with Gasteiger partial charge < -0.3 is 10.2 Å². The number of nitrogens with one attached hydrogen (secondary N) is 1. The molecule has 0 aromatic heterocycles. The van der Waals surface area contributed by atoms with Crippen LogP contribution in [-0.2, 0) is 0 Å². The SMILES string of the molecule is CCCCCCC(C)NCCN(C)C1CC1. The Morgan fingerprint density at radius 3 is 2.62 bits per heavy atom. The highest BCUT2D eigenvalue weighted by molar-refractivity contribution is 4.82. The van der Waals surface area contributed by atoms with Crippen LogP contribution < -0.4 is 5.32 Å². The van der Waals surface area contributed by atoms with E-state index in [1.54, 1.807) is 0 Å². The molecule has 96 valence electrons. The van der Waals surface area contributed by atoms with Gasteiger partial charge >= 0.3 is 0 Å². The minimum Gasteiger partial charge on any atom is -0.313 e. The minimum absolute atomic E-state index is 0.699. The van der Waals surface area contributed by atoms with Crippen molar-refractivity contribution in [1.82, 2.24) is 10.2 Å². The van der Waals surface area contributed by atoms with E-state index in [1.807, 2.05) is 0 Å². The summed E-state index contributed by atoms with van der Waals surface area (Å²) in [6.45, 7) is 6.96. The molecular formula is C14H30N2. The number of hydrogen-bond acceptors (Lipinski definition) is 2. The number of hydrogen-bond donors (Lipinski definition) is 1. The normalized spacial score (nSPS) is 18.0. The Morgan fingerprint density at radius 1 is 1.25 bits per heavy atom. The summed E-state index contributed by atoms with van der Waals surface area (Å²) in [5.74, 6) is 0. The maximum Gasteiger partial charge on any atom is 0.0107 e. The van der Waals surface area contributed by atoms with Crippen LogP contribution >= 0.6 is 0 Å². The predicted octanol–water partition coefficient (Wildman–Crippen LogP) is 3.03. The van der Waals surface area contributed by atoms with Crippen molar-refractivity contribution in [2.24, 2.45) is 0 Å². The summed E-state index contributed by atoms with van der Waals surface area (Å²) in [6, 6.07) is 1.60. The predicted molar refractivity (Wildman–Crippen MR) is 71.9 cm³/mol. The third-order valence-electron chi connectivity index (χ3n) is 3.62. The number of rotatable bonds is 10. The number of nitrogens with zero attached hydrogens (tertiary/aromatic N) is 1. The molecule has 2 nitrogen and oxygen atoms in total. The summed E-state index contributed by atoms with van der Waals surface area (Å²) in [5.41, 5.74) is 0. The van der Waals surface area contributed by atoms with Crippen LogP contribution in [0.15, 0.2) is 0 Å². The largest absolute Gasteiger partial charge is 0.313 e. The molecule has 1 N–H and O–H groups in total. The first kappa shape index (κ1) is 14.0. The maximum atomic E-state index is 3.63. The summed E-state index contributed by atoms with van der Waals surface area (Å²) in [5, 5.41) is 3.63. The zero-order valence-electron chi connectivity index (χ0n) is 11.5. The molecule has 0 amide bonds. The summed E-state index contributed by atoms with van der Waals surface area (Å²) >= 11 is 0. The van der Waals surface area contributed by atoms with E-state index in [-0.39, 0.29) is 0 Å². The first-order chi connectivity index (χ1) is 7.74. The van der Waals surface area contributed by atoms with Gasteiger partial charge in [0.05, 0.1) is 0 Å². The fourth-order valence-corrected chi connectivity index (χ4v) is 2.16. The monoisotopic (exact) mass is 226 g/mol. The maximum absolute atomic E-state index is 3.63. The van der Waals surface area contributed by atoms with Crippen molar-refractivity contribution < 1.29 is 0 Å². The van der Waals surface area contributed by atoms with Crippen molar-refractivity contribution in [3.8, 4) is 0 Å². The molecule has 1 saturated carbocycles. The van der Waals surface area contributed by atoms with Gasteiger partial charge in [-0.1, -0.05) is 32.6 Å². The number of likely N-dealkylation sites (N-methyl/N-ethyl adjacent to an activating group) is 1. The van der Waals surface area contributed by atoms with Crippen molar-refractivity contribution in [2.75, 3.05) is 20.1 Å². The summed E-state index contributed by atoms with van der Waals surface area (Å²) in [6.07, 6.45) is 9.72. The smallest absolute Gasteiger partial charge is 0.0107 e. The Balaban J connectivity index is 1.87. The Labute approximate surface area is 102 Å². The molecule has 0 aromatic carbocycles. The van der Waals surface area contributed by atoms with Crippen LogP contribution in [0.2, 0.25) is 0 Å². The second-order valence-corrected chi connectivity index (χ2v) is 5.42. The molecule has 0 spiro atoms. The van der Waals surface area contributed by atoms with Gasteiger partial charge in [-0.3, -0.25) is 0 Å². The van der Waals surface area contributed by atoms with E-state index in [9.17, 15) is 0 Å². The lowest BCUT2D eigenvalue weighted by molar-refractivity contribution is 0.313. The van der Waals surface area contributed by atoms with Crippen LogP contribution in [0.4, 0.5) is 0 Å². The molecular weight excluding hydrogens is 196 g/mol.